The number of piperazine rings is 1. The van der Waals surface area contributed by atoms with Crippen molar-refractivity contribution in [3.63, 3.8) is 0 Å². The van der Waals surface area contributed by atoms with Gasteiger partial charge in [0, 0.05) is 87.0 Å². The number of nitrogens with one attached hydrogen (secondary N) is 3. The fourth-order valence-corrected chi connectivity index (χ4v) is 11.9. The van der Waals surface area contributed by atoms with Gasteiger partial charge in [-0.05, 0) is 80.8 Å². The molecule has 0 unspecified atom stereocenters. The molecule has 3 aliphatic rings. The molecule has 0 radical (unpaired) electrons. The van der Waals surface area contributed by atoms with Crippen LogP contribution in [0.25, 0.3) is 10.4 Å². The first-order chi connectivity index (χ1) is 37.8. The number of aliphatic hydroxyl groups excluding tert-OH is 1. The second kappa shape index (κ2) is 26.6. The SMILES string of the molecule is Cc1ncsc1-c1ccc([C@H](C)NC(=O)[C@@H]2C[C@@H](O)CN2C(=O)[C@@H](NC(=O)c2cnc(N3CCN(CCCCCCCCC(=O)Nc4cccc(Sc5cnc(N6CCC(C)(C(N)=O)CC6)cn5)c4)CC3)nc2)C(C)(C)C)cc1. The molecule has 3 saturated heterocycles. The van der Waals surface area contributed by atoms with E-state index in [1.54, 1.807) is 23.7 Å². The van der Waals surface area contributed by atoms with Crippen LogP contribution in [-0.4, -0.2) is 140 Å². The van der Waals surface area contributed by atoms with E-state index in [-0.39, 0.29) is 42.3 Å². The summed E-state index contributed by atoms with van der Waals surface area (Å²) in [5.74, 6) is -0.233. The third-order valence-corrected chi connectivity index (χ3v) is 17.3. The summed E-state index contributed by atoms with van der Waals surface area (Å²) in [5.41, 5.74) is 10.1. The number of benzene rings is 2. The Morgan fingerprint density at radius 1 is 0.835 bits per heavy atom. The van der Waals surface area contributed by atoms with Crippen molar-refractivity contribution in [1.29, 1.82) is 0 Å². The van der Waals surface area contributed by atoms with E-state index in [9.17, 15) is 29.1 Å². The molecule has 3 aromatic heterocycles. The molecule has 21 heteroatoms. The molecule has 0 aliphatic carbocycles. The average molecular weight is 1120 g/mol. The van der Waals surface area contributed by atoms with Gasteiger partial charge in [-0.1, -0.05) is 95.5 Å². The standard InChI is InChI=1S/C58H77N13O6S2/c1-38(40-17-19-41(20-18-40)50-39(2)64-37-78-50)65-53(75)46-31-44(72)36-71(46)54(76)51(57(3,4)5)67-52(74)42-32-62-56(63-33-42)70-28-26-68(27-29-70)23-12-10-8-7-9-11-16-48(73)66-43-14-13-15-45(30-43)79-49-35-60-47(34-61-49)69-24-21-58(6,22-25-69)55(59)77/h13-15,17-20,30,32-35,37-38,44,46,51,72H,7-12,16,21-29,31,36H2,1-6H3,(H2,59,77)(H,65,75)(H,66,73)(H,67,74)/t38-,44+,46-,51+/m0/s1. The number of aliphatic hydroxyl groups is 1. The molecule has 2 aromatic carbocycles. The van der Waals surface area contributed by atoms with Crippen LogP contribution in [0.1, 0.15) is 126 Å². The van der Waals surface area contributed by atoms with Crippen molar-refractivity contribution in [3.8, 4) is 10.4 Å². The van der Waals surface area contributed by atoms with Gasteiger partial charge in [0.2, 0.25) is 29.6 Å². The lowest BCUT2D eigenvalue weighted by atomic mass is 9.80. The molecule has 0 spiro atoms. The van der Waals surface area contributed by atoms with Gasteiger partial charge >= 0.3 is 0 Å². The molecular formula is C58H77N13O6S2. The number of nitrogens with zero attached hydrogens (tertiary/aromatic N) is 9. The van der Waals surface area contributed by atoms with Crippen LogP contribution in [0.4, 0.5) is 17.5 Å². The minimum absolute atomic E-state index is 0.00932. The molecule has 3 aliphatic heterocycles. The number of carbonyl (C=O) groups excluding carboxylic acids is 5. The van der Waals surface area contributed by atoms with E-state index >= 15 is 0 Å². The van der Waals surface area contributed by atoms with Gasteiger partial charge < -0.3 is 41.5 Å². The summed E-state index contributed by atoms with van der Waals surface area (Å²) in [6, 6.07) is 13.5. The van der Waals surface area contributed by atoms with Crippen LogP contribution >= 0.6 is 23.1 Å². The van der Waals surface area contributed by atoms with Crippen LogP contribution in [0.15, 0.2) is 88.8 Å². The predicted octanol–water partition coefficient (Wildman–Crippen LogP) is 7.42. The van der Waals surface area contributed by atoms with Gasteiger partial charge in [0.15, 0.2) is 0 Å². The highest BCUT2D eigenvalue weighted by Crippen LogP contribution is 2.34. The number of unbranched alkanes of at least 4 members (excludes halogenated alkanes) is 5. The summed E-state index contributed by atoms with van der Waals surface area (Å²) < 4.78 is 0. The number of hydrogen-bond acceptors (Lipinski definition) is 16. The van der Waals surface area contributed by atoms with Crippen LogP contribution < -0.4 is 31.5 Å². The number of piperidine rings is 1. The second-order valence-corrected chi connectivity index (χ2v) is 24.5. The minimum atomic E-state index is -1.00. The maximum atomic E-state index is 14.3. The van der Waals surface area contributed by atoms with Crippen molar-refractivity contribution in [3.05, 3.63) is 95.6 Å². The number of anilines is 3. The van der Waals surface area contributed by atoms with Gasteiger partial charge in [0.05, 0.1) is 46.2 Å². The van der Waals surface area contributed by atoms with E-state index in [2.05, 4.69) is 55.6 Å². The first-order valence-corrected chi connectivity index (χ1v) is 29.4. The normalized spacial score (nSPS) is 18.4. The van der Waals surface area contributed by atoms with E-state index in [1.165, 1.54) is 29.1 Å². The van der Waals surface area contributed by atoms with Crippen molar-refractivity contribution in [2.75, 3.05) is 67.5 Å². The van der Waals surface area contributed by atoms with Gasteiger partial charge in [-0.3, -0.25) is 28.9 Å². The molecular weight excluding hydrogens is 1040 g/mol. The third-order valence-electron chi connectivity index (χ3n) is 15.5. The highest BCUT2D eigenvalue weighted by molar-refractivity contribution is 7.99. The Hall–Kier alpha value is -6.55. The number of nitrogens with two attached hydrogens (primary N) is 1. The van der Waals surface area contributed by atoms with Crippen LogP contribution in [-0.2, 0) is 19.2 Å². The topological polar surface area (TPSA) is 245 Å². The predicted molar refractivity (Wildman–Crippen MR) is 309 cm³/mol. The number of amides is 5. The average Bonchev–Trinajstić information content (AvgIpc) is 4.17. The van der Waals surface area contributed by atoms with Gasteiger partial charge in [-0.2, -0.15) is 0 Å². The Kier molecular flexibility index (Phi) is 19.7. The molecule has 6 N–H and O–H groups in total. The molecule has 5 amide bonds. The number of aromatic nitrogens is 5. The summed E-state index contributed by atoms with van der Waals surface area (Å²) in [6.45, 7) is 17.0. The van der Waals surface area contributed by atoms with Gasteiger partial charge in [0.1, 0.15) is 22.9 Å². The van der Waals surface area contributed by atoms with Crippen LogP contribution in [0.2, 0.25) is 0 Å². The number of rotatable bonds is 22. The summed E-state index contributed by atoms with van der Waals surface area (Å²) in [5, 5.41) is 20.5. The van der Waals surface area contributed by atoms with E-state index in [1.807, 2.05) is 95.6 Å². The second-order valence-electron chi connectivity index (χ2n) is 22.6. The number of primary amides is 1. The molecule has 5 aromatic rings. The first kappa shape index (κ1) is 58.6. The van der Waals surface area contributed by atoms with Crippen LogP contribution in [0.5, 0.6) is 0 Å². The third kappa shape index (κ3) is 15.6. The quantitative estimate of drug-likeness (QED) is 0.0424. The largest absolute Gasteiger partial charge is 0.391 e. The zero-order valence-electron chi connectivity index (χ0n) is 46.5. The molecule has 6 heterocycles. The molecule has 4 atom stereocenters. The van der Waals surface area contributed by atoms with Gasteiger partial charge in [-0.25, -0.2) is 24.9 Å². The number of hydrogen-bond donors (Lipinski definition) is 5. The number of carbonyl (C=O) groups is 5. The molecule has 0 saturated carbocycles. The molecule has 79 heavy (non-hydrogen) atoms. The molecule has 19 nitrogen and oxygen atoms in total. The highest BCUT2D eigenvalue weighted by Gasteiger charge is 2.45. The lowest BCUT2D eigenvalue weighted by molar-refractivity contribution is -0.142. The maximum Gasteiger partial charge on any atom is 0.255 e. The van der Waals surface area contributed by atoms with E-state index in [0.29, 0.717) is 38.3 Å². The zero-order chi connectivity index (χ0) is 56.3. The van der Waals surface area contributed by atoms with Crippen molar-refractivity contribution in [1.82, 2.24) is 45.4 Å². The summed E-state index contributed by atoms with van der Waals surface area (Å²) in [6.07, 6.45) is 13.9. The first-order valence-electron chi connectivity index (χ1n) is 27.7. The fourth-order valence-electron chi connectivity index (χ4n) is 10.3. The lowest BCUT2D eigenvalue weighted by Crippen LogP contribution is -2.57. The molecule has 422 valence electrons. The Morgan fingerprint density at radius 3 is 2.18 bits per heavy atom. The van der Waals surface area contributed by atoms with Crippen molar-refractivity contribution >= 4 is 70.1 Å². The van der Waals surface area contributed by atoms with Crippen molar-refractivity contribution in [2.24, 2.45) is 16.6 Å². The highest BCUT2D eigenvalue weighted by atomic mass is 32.2. The Labute approximate surface area is 472 Å². The van der Waals surface area contributed by atoms with E-state index in [4.69, 9.17) is 5.73 Å². The van der Waals surface area contributed by atoms with Crippen molar-refractivity contribution < 1.29 is 29.1 Å². The summed E-state index contributed by atoms with van der Waals surface area (Å²) >= 11 is 3.06. The Balaban J connectivity index is 0.698. The maximum absolute atomic E-state index is 14.3. The van der Waals surface area contributed by atoms with E-state index in [0.717, 1.165) is 114 Å². The van der Waals surface area contributed by atoms with E-state index < -0.39 is 40.8 Å². The number of likely N-dealkylation sites (tertiary alicyclic amines) is 1. The number of β-amino-alcohol motifs (C(OH)–C–C–N with tert-alkyl or cyclic N) is 1. The Morgan fingerprint density at radius 2 is 1.53 bits per heavy atom. The Bertz CT molecular complexity index is 2870. The van der Waals surface area contributed by atoms with Crippen molar-refractivity contribution in [2.45, 2.75) is 140 Å². The monoisotopic (exact) mass is 1120 g/mol. The van der Waals surface area contributed by atoms with Crippen LogP contribution in [0, 0.1) is 17.8 Å². The van der Waals surface area contributed by atoms with Crippen LogP contribution in [0.3, 0.4) is 0 Å². The fraction of sp³-hybridized carbons (Fsp3) is 0.517. The summed E-state index contributed by atoms with van der Waals surface area (Å²) in [7, 11) is 0. The smallest absolute Gasteiger partial charge is 0.255 e. The van der Waals surface area contributed by atoms with Gasteiger partial charge in [0.25, 0.3) is 5.91 Å². The zero-order valence-corrected chi connectivity index (χ0v) is 48.1. The van der Waals surface area contributed by atoms with Gasteiger partial charge in [-0.15, -0.1) is 11.3 Å². The minimum Gasteiger partial charge on any atom is -0.391 e. The molecule has 8 rings (SSSR count). The number of thiazole rings is 1. The number of aryl methyl sites for hydroxylation is 1. The molecule has 3 fully saturated rings. The summed E-state index contributed by atoms with van der Waals surface area (Å²) in [4.78, 5) is 99.2. The molecule has 0 bridgehead atoms. The lowest BCUT2D eigenvalue weighted by Gasteiger charge is -2.37.